The van der Waals surface area contributed by atoms with Crippen LogP contribution in [0, 0.1) is 6.92 Å². The molecule has 1 atom stereocenters. The van der Waals surface area contributed by atoms with Crippen LogP contribution in [-0.4, -0.2) is 36.4 Å². The maximum absolute atomic E-state index is 9.02. The maximum Gasteiger partial charge on any atom is 0.171 e. The van der Waals surface area contributed by atoms with Crippen LogP contribution in [0.1, 0.15) is 5.69 Å². The molecule has 0 fully saturated rings. The van der Waals surface area contributed by atoms with E-state index in [-0.39, 0.29) is 12.7 Å². The number of likely N-dealkylation sites (N-methyl/N-ethyl adjacent to an activating group) is 1. The van der Waals surface area contributed by atoms with Crippen molar-refractivity contribution < 1.29 is 9.84 Å². The van der Waals surface area contributed by atoms with Crippen molar-refractivity contribution >= 4 is 5.82 Å². The highest BCUT2D eigenvalue weighted by molar-refractivity contribution is 5.54. The van der Waals surface area contributed by atoms with Gasteiger partial charge in [0.15, 0.2) is 11.6 Å². The van der Waals surface area contributed by atoms with Gasteiger partial charge in [-0.05, 0) is 19.1 Å². The van der Waals surface area contributed by atoms with Crippen molar-refractivity contribution in [3.05, 3.63) is 17.8 Å². The summed E-state index contributed by atoms with van der Waals surface area (Å²) in [5.41, 5.74) is 0.974. The average Bonchev–Trinajstić information content (AvgIpc) is 2.19. The van der Waals surface area contributed by atoms with Crippen molar-refractivity contribution in [3.8, 4) is 5.75 Å². The van der Waals surface area contributed by atoms with Crippen LogP contribution in [0.25, 0.3) is 0 Å². The summed E-state index contributed by atoms with van der Waals surface area (Å²) in [4.78, 5) is 6.39. The minimum atomic E-state index is -0.142. The van der Waals surface area contributed by atoms with Crippen molar-refractivity contribution in [1.29, 1.82) is 0 Å². The molecule has 4 nitrogen and oxygen atoms in total. The number of aliphatic hydroxyl groups excluding tert-OH is 1. The summed E-state index contributed by atoms with van der Waals surface area (Å²) >= 11 is 0. The fourth-order valence-corrected chi connectivity index (χ4v) is 1.60. The normalized spacial score (nSPS) is 20.2. The number of hydrogen-bond donors (Lipinski definition) is 1. The van der Waals surface area contributed by atoms with E-state index in [0.717, 1.165) is 17.3 Å². The number of aryl methyl sites for hydroxylation is 1. The molecule has 1 aliphatic heterocycles. The first kappa shape index (κ1) is 9.27. The van der Waals surface area contributed by atoms with Crippen LogP contribution in [0.5, 0.6) is 5.75 Å². The lowest BCUT2D eigenvalue weighted by Gasteiger charge is -2.31. The molecular weight excluding hydrogens is 180 g/mol. The monoisotopic (exact) mass is 194 g/mol. The molecule has 1 unspecified atom stereocenters. The highest BCUT2D eigenvalue weighted by Crippen LogP contribution is 2.30. The molecule has 0 aromatic carbocycles. The Balaban J connectivity index is 2.35. The van der Waals surface area contributed by atoms with Gasteiger partial charge in [-0.1, -0.05) is 0 Å². The average molecular weight is 194 g/mol. The number of pyridine rings is 1. The molecule has 1 N–H and O–H groups in total. The van der Waals surface area contributed by atoms with E-state index >= 15 is 0 Å². The van der Waals surface area contributed by atoms with Crippen molar-refractivity contribution in [2.45, 2.75) is 13.0 Å². The van der Waals surface area contributed by atoms with E-state index in [1.165, 1.54) is 0 Å². The second-order valence-corrected chi connectivity index (χ2v) is 3.58. The summed E-state index contributed by atoms with van der Waals surface area (Å²) in [6.45, 7) is 2.67. The summed E-state index contributed by atoms with van der Waals surface area (Å²) < 4.78 is 5.55. The van der Waals surface area contributed by atoms with Crippen LogP contribution in [0.3, 0.4) is 0 Å². The summed E-state index contributed by atoms with van der Waals surface area (Å²) in [5.74, 6) is 1.61. The minimum absolute atomic E-state index is 0.0393. The molecule has 0 aliphatic carbocycles. The molecular formula is C10H14N2O2. The summed E-state index contributed by atoms with van der Waals surface area (Å²) in [5, 5.41) is 9.02. The number of anilines is 1. The highest BCUT2D eigenvalue weighted by atomic mass is 16.5. The van der Waals surface area contributed by atoms with E-state index in [4.69, 9.17) is 9.84 Å². The van der Waals surface area contributed by atoms with E-state index in [9.17, 15) is 0 Å². The van der Waals surface area contributed by atoms with Gasteiger partial charge in [0.05, 0.1) is 13.2 Å². The molecule has 1 aromatic rings. The predicted octanol–water partition coefficient (Wildman–Crippen LogP) is 0.580. The van der Waals surface area contributed by atoms with E-state index in [1.807, 2.05) is 31.0 Å². The number of ether oxygens (including phenoxy) is 1. The van der Waals surface area contributed by atoms with Crippen LogP contribution in [0.4, 0.5) is 5.82 Å². The smallest absolute Gasteiger partial charge is 0.171 e. The van der Waals surface area contributed by atoms with E-state index in [2.05, 4.69) is 4.98 Å². The third kappa shape index (κ3) is 1.53. The molecule has 1 aliphatic rings. The van der Waals surface area contributed by atoms with Crippen molar-refractivity contribution in [3.63, 3.8) is 0 Å². The summed E-state index contributed by atoms with van der Waals surface area (Å²) in [6.07, 6.45) is -0.142. The quantitative estimate of drug-likeness (QED) is 0.710. The fraction of sp³-hybridized carbons (Fsp3) is 0.500. The Labute approximate surface area is 83.1 Å². The Bertz CT molecular complexity index is 341. The van der Waals surface area contributed by atoms with Crippen molar-refractivity contribution in [2.75, 3.05) is 25.1 Å². The van der Waals surface area contributed by atoms with Gasteiger partial charge in [0.25, 0.3) is 0 Å². The minimum Gasteiger partial charge on any atom is -0.482 e. The number of rotatable bonds is 1. The van der Waals surface area contributed by atoms with Crippen LogP contribution < -0.4 is 9.64 Å². The number of hydrogen-bond acceptors (Lipinski definition) is 4. The molecule has 0 spiro atoms. The van der Waals surface area contributed by atoms with E-state index in [1.54, 1.807) is 0 Å². The standard InChI is InChI=1S/C10H14N2O2/c1-7-3-4-9-10(11-7)12(2)5-8(6-13)14-9/h3-4,8,13H,5-6H2,1-2H3. The van der Waals surface area contributed by atoms with Gasteiger partial charge in [0, 0.05) is 12.7 Å². The van der Waals surface area contributed by atoms with Crippen LogP contribution in [0.2, 0.25) is 0 Å². The summed E-state index contributed by atoms with van der Waals surface area (Å²) in [7, 11) is 1.95. The van der Waals surface area contributed by atoms with Crippen LogP contribution in [-0.2, 0) is 0 Å². The van der Waals surface area contributed by atoms with E-state index < -0.39 is 0 Å². The van der Waals surface area contributed by atoms with Gasteiger partial charge in [-0.3, -0.25) is 0 Å². The van der Waals surface area contributed by atoms with E-state index in [0.29, 0.717) is 6.54 Å². The fourth-order valence-electron chi connectivity index (χ4n) is 1.60. The summed E-state index contributed by atoms with van der Waals surface area (Å²) in [6, 6.07) is 3.81. The topological polar surface area (TPSA) is 45.6 Å². The number of fused-ring (bicyclic) bond motifs is 1. The zero-order chi connectivity index (χ0) is 10.1. The molecule has 0 radical (unpaired) electrons. The Morgan fingerprint density at radius 2 is 2.43 bits per heavy atom. The first-order valence-electron chi connectivity index (χ1n) is 4.67. The lowest BCUT2D eigenvalue weighted by Crippen LogP contribution is -2.40. The van der Waals surface area contributed by atoms with Gasteiger partial charge < -0.3 is 14.7 Å². The molecule has 0 saturated carbocycles. The molecule has 76 valence electrons. The van der Waals surface area contributed by atoms with Gasteiger partial charge in [0.2, 0.25) is 0 Å². The Hall–Kier alpha value is -1.29. The zero-order valence-corrected chi connectivity index (χ0v) is 8.40. The third-order valence-electron chi connectivity index (χ3n) is 2.31. The van der Waals surface area contributed by atoms with Crippen LogP contribution >= 0.6 is 0 Å². The lowest BCUT2D eigenvalue weighted by atomic mass is 10.2. The SMILES string of the molecule is Cc1ccc2c(n1)N(C)CC(CO)O2. The van der Waals surface area contributed by atoms with Gasteiger partial charge in [-0.15, -0.1) is 0 Å². The van der Waals surface area contributed by atoms with Gasteiger partial charge >= 0.3 is 0 Å². The van der Waals surface area contributed by atoms with Gasteiger partial charge in [-0.2, -0.15) is 0 Å². The molecule has 1 aromatic heterocycles. The zero-order valence-electron chi connectivity index (χ0n) is 8.40. The Morgan fingerprint density at radius 1 is 1.64 bits per heavy atom. The molecule has 0 saturated heterocycles. The second kappa shape index (κ2) is 3.46. The second-order valence-electron chi connectivity index (χ2n) is 3.58. The Morgan fingerprint density at radius 3 is 3.14 bits per heavy atom. The molecule has 14 heavy (non-hydrogen) atoms. The third-order valence-corrected chi connectivity index (χ3v) is 2.31. The number of nitrogens with zero attached hydrogens (tertiary/aromatic N) is 2. The first-order valence-corrected chi connectivity index (χ1v) is 4.67. The molecule has 2 rings (SSSR count). The van der Waals surface area contributed by atoms with Crippen molar-refractivity contribution in [2.24, 2.45) is 0 Å². The molecule has 0 amide bonds. The number of aromatic nitrogens is 1. The Kier molecular flexibility index (Phi) is 2.29. The highest BCUT2D eigenvalue weighted by Gasteiger charge is 2.23. The molecule has 0 bridgehead atoms. The molecule has 2 heterocycles. The molecule has 4 heteroatoms. The lowest BCUT2D eigenvalue weighted by molar-refractivity contribution is 0.113. The first-order chi connectivity index (χ1) is 6.70. The van der Waals surface area contributed by atoms with Crippen molar-refractivity contribution in [1.82, 2.24) is 4.98 Å². The number of aliphatic hydroxyl groups is 1. The van der Waals surface area contributed by atoms with Crippen LogP contribution in [0.15, 0.2) is 12.1 Å². The predicted molar refractivity (Wildman–Crippen MR) is 53.7 cm³/mol. The van der Waals surface area contributed by atoms with Gasteiger partial charge in [-0.25, -0.2) is 4.98 Å². The maximum atomic E-state index is 9.02. The van der Waals surface area contributed by atoms with Gasteiger partial charge in [0.1, 0.15) is 6.10 Å². The largest absolute Gasteiger partial charge is 0.482 e.